The summed E-state index contributed by atoms with van der Waals surface area (Å²) in [5.41, 5.74) is 0.685. The molecule has 34 heavy (non-hydrogen) atoms. The summed E-state index contributed by atoms with van der Waals surface area (Å²) in [6.45, 7) is 11.8. The second-order valence-electron chi connectivity index (χ2n) is 9.33. The molecular formula is C21H33N5O6S2. The van der Waals surface area contributed by atoms with Crippen LogP contribution >= 0.6 is 0 Å². The monoisotopic (exact) mass is 515 g/mol. The molecule has 1 aromatic carbocycles. The Morgan fingerprint density at radius 1 is 1.29 bits per heavy atom. The van der Waals surface area contributed by atoms with Gasteiger partial charge in [-0.25, -0.2) is 17.9 Å². The van der Waals surface area contributed by atoms with Crippen LogP contribution in [-0.2, 0) is 25.0 Å². The van der Waals surface area contributed by atoms with Crippen LogP contribution in [0.5, 0.6) is 5.75 Å². The van der Waals surface area contributed by atoms with Crippen molar-refractivity contribution in [2.45, 2.75) is 51.2 Å². The fraction of sp³-hybridized carbons (Fsp3) is 0.476. The van der Waals surface area contributed by atoms with Gasteiger partial charge in [0.1, 0.15) is 11.0 Å². The van der Waals surface area contributed by atoms with Crippen LogP contribution in [0.1, 0.15) is 34.1 Å². The largest absolute Gasteiger partial charge is 0.504 e. The Hall–Kier alpha value is -2.61. The number of hydrogen-bond donors (Lipinski definition) is 4. The normalized spacial score (nSPS) is 18.3. The summed E-state index contributed by atoms with van der Waals surface area (Å²) in [4.78, 5) is -0.371. The van der Waals surface area contributed by atoms with E-state index < -0.39 is 26.0 Å². The van der Waals surface area contributed by atoms with Crippen LogP contribution in [0.4, 0.5) is 5.69 Å². The van der Waals surface area contributed by atoms with Crippen molar-refractivity contribution in [3.8, 4) is 5.75 Å². The van der Waals surface area contributed by atoms with E-state index >= 15 is 0 Å². The summed E-state index contributed by atoms with van der Waals surface area (Å²) in [6, 6.07) is 3.67. The van der Waals surface area contributed by atoms with Gasteiger partial charge < -0.3 is 20.5 Å². The number of phenols is 1. The molecule has 0 fully saturated rings. The Labute approximate surface area is 201 Å². The van der Waals surface area contributed by atoms with Crippen molar-refractivity contribution in [2.24, 2.45) is 15.0 Å². The van der Waals surface area contributed by atoms with Crippen LogP contribution in [0.25, 0.3) is 0 Å². The van der Waals surface area contributed by atoms with E-state index in [2.05, 4.69) is 21.6 Å². The van der Waals surface area contributed by atoms with Crippen LogP contribution in [0.15, 0.2) is 51.6 Å². The molecule has 1 unspecified atom stereocenters. The van der Waals surface area contributed by atoms with Gasteiger partial charge in [-0.2, -0.15) is 8.42 Å². The lowest BCUT2D eigenvalue weighted by Crippen LogP contribution is -2.49. The van der Waals surface area contributed by atoms with Gasteiger partial charge >= 0.3 is 10.2 Å². The van der Waals surface area contributed by atoms with E-state index in [9.17, 15) is 21.9 Å². The van der Waals surface area contributed by atoms with Gasteiger partial charge in [0, 0.05) is 20.5 Å². The lowest BCUT2D eigenvalue weighted by atomic mass is 9.82. The molecule has 5 N–H and O–H groups in total. The Kier molecular flexibility index (Phi) is 8.08. The summed E-state index contributed by atoms with van der Waals surface area (Å²) >= 11 is 0. The second kappa shape index (κ2) is 9.94. The zero-order valence-electron chi connectivity index (χ0n) is 20.2. The summed E-state index contributed by atoms with van der Waals surface area (Å²) in [5.74, 6) is -0.924. The van der Waals surface area contributed by atoms with Gasteiger partial charge in [0.15, 0.2) is 11.6 Å². The highest BCUT2D eigenvalue weighted by Crippen LogP contribution is 2.33. The number of nitrogens with two attached hydrogens (primary N) is 1. The molecule has 0 amide bonds. The first-order chi connectivity index (χ1) is 15.4. The number of ether oxygens (including phenoxy) is 1. The minimum atomic E-state index is -4.38. The zero-order valence-corrected chi connectivity index (χ0v) is 21.8. The predicted octanol–water partition coefficient (Wildman–Crippen LogP) is 1.87. The van der Waals surface area contributed by atoms with E-state index in [0.29, 0.717) is 6.42 Å². The van der Waals surface area contributed by atoms with E-state index in [4.69, 9.17) is 9.88 Å². The number of amidine groups is 1. The summed E-state index contributed by atoms with van der Waals surface area (Å²) in [6.07, 6.45) is 2.11. The molecule has 0 spiro atoms. The van der Waals surface area contributed by atoms with Crippen molar-refractivity contribution in [1.82, 2.24) is 9.62 Å². The molecule has 0 radical (unpaired) electrons. The van der Waals surface area contributed by atoms with E-state index in [1.807, 2.05) is 27.7 Å². The number of hydrogen-bond acceptors (Lipinski definition) is 7. The fourth-order valence-corrected chi connectivity index (χ4v) is 4.78. The smallest absolute Gasteiger partial charge is 0.319 e. The van der Waals surface area contributed by atoms with Crippen LogP contribution in [-0.4, -0.2) is 58.3 Å². The number of nitrogens with one attached hydrogen (secondary N) is 2. The fourth-order valence-electron chi connectivity index (χ4n) is 3.37. The lowest BCUT2D eigenvalue weighted by Gasteiger charge is -2.36. The van der Waals surface area contributed by atoms with Crippen molar-refractivity contribution in [3.63, 3.8) is 0 Å². The Morgan fingerprint density at radius 3 is 2.38 bits per heavy atom. The zero-order chi connectivity index (χ0) is 26.1. The molecule has 0 bridgehead atoms. The maximum Gasteiger partial charge on any atom is 0.319 e. The average molecular weight is 516 g/mol. The van der Waals surface area contributed by atoms with Crippen LogP contribution < -0.4 is 15.8 Å². The first kappa shape index (κ1) is 27.6. The van der Waals surface area contributed by atoms with Crippen LogP contribution in [0.3, 0.4) is 0 Å². The molecule has 11 nitrogen and oxygen atoms in total. The van der Waals surface area contributed by atoms with E-state index in [-0.39, 0.29) is 39.7 Å². The van der Waals surface area contributed by atoms with Crippen molar-refractivity contribution in [1.29, 1.82) is 0 Å². The van der Waals surface area contributed by atoms with E-state index in [1.165, 1.54) is 32.3 Å². The van der Waals surface area contributed by atoms with E-state index in [0.717, 1.165) is 9.88 Å². The molecule has 0 saturated heterocycles. The summed E-state index contributed by atoms with van der Waals surface area (Å²) < 4.78 is 58.9. The molecule has 0 aromatic heterocycles. The minimum Gasteiger partial charge on any atom is -0.504 e. The van der Waals surface area contributed by atoms with Gasteiger partial charge in [-0.15, -0.1) is 4.40 Å². The maximum absolute atomic E-state index is 12.5. The van der Waals surface area contributed by atoms with Gasteiger partial charge in [-0.1, -0.05) is 33.4 Å². The first-order valence-corrected chi connectivity index (χ1v) is 13.3. The van der Waals surface area contributed by atoms with E-state index in [1.54, 1.807) is 6.26 Å². The van der Waals surface area contributed by atoms with Crippen molar-refractivity contribution in [2.75, 3.05) is 19.4 Å². The van der Waals surface area contributed by atoms with Gasteiger partial charge in [-0.05, 0) is 30.0 Å². The van der Waals surface area contributed by atoms with Gasteiger partial charge in [0.05, 0.1) is 23.7 Å². The topological polar surface area (TPSA) is 163 Å². The molecule has 190 valence electrons. The van der Waals surface area contributed by atoms with Crippen LogP contribution in [0, 0.1) is 5.41 Å². The molecule has 0 saturated carbocycles. The Balaban J connectivity index is 2.45. The molecule has 13 heteroatoms. The number of sulfonamides is 1. The van der Waals surface area contributed by atoms with Gasteiger partial charge in [0.25, 0.3) is 0 Å². The number of rotatable bonds is 8. The second-order valence-corrected chi connectivity index (χ2v) is 12.7. The lowest BCUT2D eigenvalue weighted by molar-refractivity contribution is 0.0790. The molecule has 2 atom stereocenters. The number of phenolic OH excluding ortho intramolecular Hbond substituents is 1. The maximum atomic E-state index is 12.5. The number of aromatic hydroxyl groups is 1. The Bertz CT molecular complexity index is 1210. The highest BCUT2D eigenvalue weighted by molar-refractivity contribution is 7.89. The van der Waals surface area contributed by atoms with Crippen molar-refractivity contribution < 1.29 is 26.7 Å². The van der Waals surface area contributed by atoms with Gasteiger partial charge in [0.2, 0.25) is 10.0 Å². The van der Waals surface area contributed by atoms with Crippen molar-refractivity contribution >= 4 is 31.8 Å². The predicted molar refractivity (Wildman–Crippen MR) is 132 cm³/mol. The number of nitrogens with zero attached hydrogens (tertiary/aromatic N) is 2. The third kappa shape index (κ3) is 6.72. The molecule has 1 heterocycles. The molecule has 0 aliphatic carbocycles. The van der Waals surface area contributed by atoms with Gasteiger partial charge in [-0.3, -0.25) is 0 Å². The Morgan fingerprint density at radius 2 is 1.91 bits per heavy atom. The quantitative estimate of drug-likeness (QED) is 0.231. The first-order valence-electron chi connectivity index (χ1n) is 10.3. The SMILES string of the molecule is C=C(N[C@@H](C1CC(C)=CO1)C(C)(C)C)/C(=N\S(N)(=O)=O)Nc1cccc(S(=O)(=O)N(C)C)c1O. The molecular weight excluding hydrogens is 482 g/mol. The molecule has 1 aliphatic heterocycles. The van der Waals surface area contributed by atoms with Crippen LogP contribution in [0.2, 0.25) is 0 Å². The number of benzene rings is 1. The summed E-state index contributed by atoms with van der Waals surface area (Å²) in [5, 5.41) is 21.6. The third-order valence-electron chi connectivity index (χ3n) is 5.12. The average Bonchev–Trinajstić information content (AvgIpc) is 3.10. The molecule has 2 rings (SSSR count). The number of anilines is 1. The third-order valence-corrected chi connectivity index (χ3v) is 7.40. The minimum absolute atomic E-state index is 0.0578. The highest BCUT2D eigenvalue weighted by Gasteiger charge is 2.36. The molecule has 1 aliphatic rings. The molecule has 1 aromatic rings. The summed E-state index contributed by atoms with van der Waals surface area (Å²) in [7, 11) is -5.71. The standard InChI is InChI=1S/C21H33N5O6S2/c1-13-11-16(32-12-13)19(21(3,4)5)23-14(2)20(25-34(22,30)31)24-15-9-8-10-17(18(15)27)33(28,29)26(6)7/h8-10,12,16,19,23,27H,2,11H2,1,3-7H3,(H,24,25)(H2,22,30,31)/t16?,19-/m0/s1. The highest BCUT2D eigenvalue weighted by atomic mass is 32.2. The number of para-hydroxylation sites is 1. The van der Waals surface area contributed by atoms with Crippen molar-refractivity contribution in [3.05, 3.63) is 42.3 Å².